The molecule has 13 heavy (non-hydrogen) atoms. The topological polar surface area (TPSA) is 56.2 Å². The summed E-state index contributed by atoms with van der Waals surface area (Å²) in [5.41, 5.74) is 7.76. The van der Waals surface area contributed by atoms with E-state index in [1.807, 2.05) is 27.1 Å². The van der Waals surface area contributed by atoms with E-state index in [2.05, 4.69) is 10.1 Å². The lowest BCUT2D eigenvalue weighted by Gasteiger charge is -1.95. The van der Waals surface area contributed by atoms with Crippen molar-refractivity contribution in [3.63, 3.8) is 0 Å². The Morgan fingerprint density at radius 1 is 1.69 bits per heavy atom. The van der Waals surface area contributed by atoms with Crippen LogP contribution in [0.15, 0.2) is 11.2 Å². The van der Waals surface area contributed by atoms with Gasteiger partial charge in [-0.3, -0.25) is 9.67 Å². The molecule has 0 saturated heterocycles. The number of aliphatic imine (C=N–C) groups is 1. The highest BCUT2D eigenvalue weighted by molar-refractivity contribution is 5.79. The zero-order valence-corrected chi connectivity index (χ0v) is 8.41. The molecule has 0 aromatic carbocycles. The van der Waals surface area contributed by atoms with Gasteiger partial charge in [-0.1, -0.05) is 6.92 Å². The van der Waals surface area contributed by atoms with Crippen molar-refractivity contribution in [1.29, 1.82) is 0 Å². The lowest BCUT2D eigenvalue weighted by Crippen LogP contribution is -2.09. The first-order valence-corrected chi connectivity index (χ1v) is 4.41. The third-order valence-electron chi connectivity index (χ3n) is 1.93. The van der Waals surface area contributed by atoms with Crippen molar-refractivity contribution >= 4 is 5.84 Å². The molecule has 0 radical (unpaired) electrons. The summed E-state index contributed by atoms with van der Waals surface area (Å²) in [4.78, 5) is 4.23. The predicted molar refractivity (Wildman–Crippen MR) is 53.6 cm³/mol. The van der Waals surface area contributed by atoms with Crippen LogP contribution < -0.4 is 5.73 Å². The van der Waals surface area contributed by atoms with Crippen LogP contribution in [0.3, 0.4) is 0 Å². The average molecular weight is 180 g/mol. The summed E-state index contributed by atoms with van der Waals surface area (Å²) < 4.78 is 1.79. The maximum Gasteiger partial charge on any atom is 0.0938 e. The van der Waals surface area contributed by atoms with E-state index >= 15 is 0 Å². The van der Waals surface area contributed by atoms with Crippen LogP contribution in [0.25, 0.3) is 0 Å². The van der Waals surface area contributed by atoms with Crippen LogP contribution in [0.1, 0.15) is 24.6 Å². The first kappa shape index (κ1) is 9.77. The quantitative estimate of drug-likeness (QED) is 0.557. The van der Waals surface area contributed by atoms with Gasteiger partial charge < -0.3 is 5.73 Å². The van der Waals surface area contributed by atoms with E-state index in [9.17, 15) is 0 Å². The van der Waals surface area contributed by atoms with Gasteiger partial charge in [0, 0.05) is 25.2 Å². The largest absolute Gasteiger partial charge is 0.387 e. The smallest absolute Gasteiger partial charge is 0.0938 e. The normalized spacial score (nSPS) is 12.1. The molecule has 1 rings (SSSR count). The van der Waals surface area contributed by atoms with Gasteiger partial charge >= 0.3 is 0 Å². The second-order valence-corrected chi connectivity index (χ2v) is 3.07. The summed E-state index contributed by atoms with van der Waals surface area (Å²) in [6.45, 7) is 4.61. The summed E-state index contributed by atoms with van der Waals surface area (Å²) in [5, 5.41) is 4.22. The molecule has 0 aliphatic rings. The van der Waals surface area contributed by atoms with Crippen LogP contribution in [0, 0.1) is 6.92 Å². The Kier molecular flexibility index (Phi) is 3.06. The molecular weight excluding hydrogens is 164 g/mol. The number of nitrogens with two attached hydrogens (primary N) is 1. The molecule has 0 amide bonds. The third-order valence-corrected chi connectivity index (χ3v) is 1.93. The number of hydrogen-bond donors (Lipinski definition) is 1. The predicted octanol–water partition coefficient (Wildman–Crippen LogP) is 0.996. The standard InChI is InChI=1S/C9H16N4/c1-4-9(10)11-5-8-6-13(3)12-7(8)2/h6H,4-5H2,1-3H3,(H2,10,11). The Balaban J connectivity index is 2.69. The first-order valence-electron chi connectivity index (χ1n) is 4.41. The van der Waals surface area contributed by atoms with Crippen molar-refractivity contribution in [3.05, 3.63) is 17.5 Å². The van der Waals surface area contributed by atoms with Gasteiger partial charge in [0.25, 0.3) is 0 Å². The molecule has 4 nitrogen and oxygen atoms in total. The third kappa shape index (κ3) is 2.57. The Morgan fingerprint density at radius 3 is 2.85 bits per heavy atom. The molecule has 2 N–H and O–H groups in total. The van der Waals surface area contributed by atoms with Crippen molar-refractivity contribution in [1.82, 2.24) is 9.78 Å². The summed E-state index contributed by atoms with van der Waals surface area (Å²) in [7, 11) is 1.91. The Bertz CT molecular complexity index is 311. The van der Waals surface area contributed by atoms with Gasteiger partial charge in [0.15, 0.2) is 0 Å². The molecule has 1 heterocycles. The molecule has 72 valence electrons. The van der Waals surface area contributed by atoms with Crippen LogP contribution >= 0.6 is 0 Å². The summed E-state index contributed by atoms with van der Waals surface area (Å²) in [6, 6.07) is 0. The molecule has 1 aromatic rings. The molecule has 0 fully saturated rings. The van der Waals surface area contributed by atoms with Gasteiger partial charge in [0.1, 0.15) is 0 Å². The number of hydrogen-bond acceptors (Lipinski definition) is 2. The lowest BCUT2D eigenvalue weighted by molar-refractivity contribution is 0.756. The van der Waals surface area contributed by atoms with Gasteiger partial charge in [-0.25, -0.2) is 0 Å². The van der Waals surface area contributed by atoms with Crippen molar-refractivity contribution < 1.29 is 0 Å². The highest BCUT2D eigenvalue weighted by atomic mass is 15.2. The van der Waals surface area contributed by atoms with Crippen molar-refractivity contribution in [2.75, 3.05) is 0 Å². The van der Waals surface area contributed by atoms with Crippen LogP contribution in [0.5, 0.6) is 0 Å². The van der Waals surface area contributed by atoms with Crippen LogP contribution in [-0.4, -0.2) is 15.6 Å². The van der Waals surface area contributed by atoms with Crippen molar-refractivity contribution in [2.45, 2.75) is 26.8 Å². The SMILES string of the molecule is CCC(N)=NCc1cn(C)nc1C. The number of rotatable bonds is 3. The molecule has 0 saturated carbocycles. The maximum absolute atomic E-state index is 5.60. The molecule has 0 aliphatic carbocycles. The molecule has 0 unspecified atom stereocenters. The van der Waals surface area contributed by atoms with Crippen molar-refractivity contribution in [2.24, 2.45) is 17.8 Å². The Labute approximate surface area is 78.5 Å². The number of aromatic nitrogens is 2. The van der Waals surface area contributed by atoms with Gasteiger partial charge in [0.2, 0.25) is 0 Å². The number of nitrogens with zero attached hydrogens (tertiary/aromatic N) is 3. The van der Waals surface area contributed by atoms with E-state index in [0.29, 0.717) is 12.4 Å². The van der Waals surface area contributed by atoms with Crippen LogP contribution in [0.2, 0.25) is 0 Å². The second kappa shape index (κ2) is 4.07. The summed E-state index contributed by atoms with van der Waals surface area (Å²) >= 11 is 0. The fraction of sp³-hybridized carbons (Fsp3) is 0.556. The minimum atomic E-state index is 0.638. The Morgan fingerprint density at radius 2 is 2.38 bits per heavy atom. The van der Waals surface area contributed by atoms with E-state index in [4.69, 9.17) is 5.73 Å². The lowest BCUT2D eigenvalue weighted by atomic mass is 10.3. The second-order valence-electron chi connectivity index (χ2n) is 3.07. The molecule has 0 aliphatic heterocycles. The van der Waals surface area contributed by atoms with Gasteiger partial charge in [-0.2, -0.15) is 5.10 Å². The minimum Gasteiger partial charge on any atom is -0.387 e. The average Bonchev–Trinajstić information content (AvgIpc) is 2.41. The van der Waals surface area contributed by atoms with E-state index < -0.39 is 0 Å². The summed E-state index contributed by atoms with van der Waals surface area (Å²) in [6.07, 6.45) is 2.78. The van der Waals surface area contributed by atoms with E-state index in [0.717, 1.165) is 17.7 Å². The number of amidine groups is 1. The first-order chi connectivity index (χ1) is 6.13. The fourth-order valence-corrected chi connectivity index (χ4v) is 1.10. The van der Waals surface area contributed by atoms with Gasteiger partial charge in [-0.15, -0.1) is 0 Å². The molecule has 1 aromatic heterocycles. The molecule has 4 heteroatoms. The van der Waals surface area contributed by atoms with Crippen LogP contribution in [-0.2, 0) is 13.6 Å². The minimum absolute atomic E-state index is 0.638. The van der Waals surface area contributed by atoms with E-state index in [1.54, 1.807) is 4.68 Å². The molecule has 0 bridgehead atoms. The number of aryl methyl sites for hydroxylation is 2. The van der Waals surface area contributed by atoms with Crippen molar-refractivity contribution in [3.8, 4) is 0 Å². The van der Waals surface area contributed by atoms with Gasteiger partial charge in [0.05, 0.1) is 18.1 Å². The zero-order chi connectivity index (χ0) is 9.84. The monoisotopic (exact) mass is 180 g/mol. The fourth-order valence-electron chi connectivity index (χ4n) is 1.10. The summed E-state index contributed by atoms with van der Waals surface area (Å²) in [5.74, 6) is 0.697. The van der Waals surface area contributed by atoms with E-state index in [1.165, 1.54) is 0 Å². The molecule has 0 atom stereocenters. The van der Waals surface area contributed by atoms with Gasteiger partial charge in [-0.05, 0) is 6.92 Å². The highest BCUT2D eigenvalue weighted by Crippen LogP contribution is 2.05. The zero-order valence-electron chi connectivity index (χ0n) is 8.41. The highest BCUT2D eigenvalue weighted by Gasteiger charge is 2.01. The molecule has 0 spiro atoms. The van der Waals surface area contributed by atoms with Crippen LogP contribution in [0.4, 0.5) is 0 Å². The Hall–Kier alpha value is -1.32. The maximum atomic E-state index is 5.60. The molecular formula is C9H16N4. The van der Waals surface area contributed by atoms with E-state index in [-0.39, 0.29) is 0 Å².